The molecule has 1 amide bonds. The molecule has 0 bridgehead atoms. The first-order valence-corrected chi connectivity index (χ1v) is 7.73. The Morgan fingerprint density at radius 1 is 0.778 bits per heavy atom. The van der Waals surface area contributed by atoms with Crippen molar-refractivity contribution >= 4 is 6.41 Å². The van der Waals surface area contributed by atoms with E-state index in [1.807, 2.05) is 6.08 Å². The number of allylic oxidation sites excluding steroid dienone is 1. The SMILES string of the molecule is CCCCCCCCCCCC/C=C/CNC=O. The van der Waals surface area contributed by atoms with Crippen LogP contribution in [0.1, 0.15) is 77.6 Å². The zero-order chi connectivity index (χ0) is 13.3. The van der Waals surface area contributed by atoms with Gasteiger partial charge in [0.1, 0.15) is 0 Å². The van der Waals surface area contributed by atoms with Crippen molar-refractivity contribution in [2.45, 2.75) is 77.6 Å². The van der Waals surface area contributed by atoms with Gasteiger partial charge in [0, 0.05) is 6.54 Å². The average molecular weight is 253 g/mol. The first-order valence-electron chi connectivity index (χ1n) is 7.73. The van der Waals surface area contributed by atoms with Crippen LogP contribution in [-0.2, 0) is 4.79 Å². The van der Waals surface area contributed by atoms with E-state index in [-0.39, 0.29) is 0 Å². The van der Waals surface area contributed by atoms with Crippen molar-refractivity contribution in [3.63, 3.8) is 0 Å². The molecule has 0 aliphatic heterocycles. The third-order valence-corrected chi connectivity index (χ3v) is 3.21. The molecule has 0 fully saturated rings. The molecule has 2 heteroatoms. The van der Waals surface area contributed by atoms with Gasteiger partial charge in [-0.25, -0.2) is 0 Å². The number of unbranched alkanes of at least 4 members (excludes halogenated alkanes) is 10. The molecule has 0 aliphatic rings. The molecular weight excluding hydrogens is 222 g/mol. The van der Waals surface area contributed by atoms with Crippen LogP contribution in [0.25, 0.3) is 0 Å². The van der Waals surface area contributed by atoms with Crippen LogP contribution in [-0.4, -0.2) is 13.0 Å². The lowest BCUT2D eigenvalue weighted by atomic mass is 10.1. The predicted octanol–water partition coefficient (Wildman–Crippen LogP) is 4.60. The van der Waals surface area contributed by atoms with E-state index < -0.39 is 0 Å². The largest absolute Gasteiger partial charge is 0.355 e. The third kappa shape index (κ3) is 15.2. The van der Waals surface area contributed by atoms with Crippen molar-refractivity contribution in [3.8, 4) is 0 Å². The van der Waals surface area contributed by atoms with Gasteiger partial charge in [-0.15, -0.1) is 0 Å². The number of hydrogen-bond donors (Lipinski definition) is 1. The minimum Gasteiger partial charge on any atom is -0.355 e. The van der Waals surface area contributed by atoms with E-state index in [0.717, 1.165) is 12.8 Å². The molecule has 0 radical (unpaired) electrons. The number of carbonyl (C=O) groups is 1. The monoisotopic (exact) mass is 253 g/mol. The second-order valence-corrected chi connectivity index (χ2v) is 4.97. The van der Waals surface area contributed by atoms with E-state index in [1.165, 1.54) is 64.2 Å². The van der Waals surface area contributed by atoms with Crippen LogP contribution >= 0.6 is 0 Å². The second kappa shape index (κ2) is 16.2. The predicted molar refractivity (Wildman–Crippen MR) is 79.7 cm³/mol. The number of carbonyl (C=O) groups excluding carboxylic acids is 1. The summed E-state index contributed by atoms with van der Waals surface area (Å²) in [4.78, 5) is 9.98. The fourth-order valence-corrected chi connectivity index (χ4v) is 2.07. The van der Waals surface area contributed by atoms with Crippen LogP contribution in [0.15, 0.2) is 12.2 Å². The van der Waals surface area contributed by atoms with E-state index >= 15 is 0 Å². The molecule has 0 atom stereocenters. The molecule has 0 rings (SSSR count). The van der Waals surface area contributed by atoms with Crippen molar-refractivity contribution in [1.82, 2.24) is 5.32 Å². The van der Waals surface area contributed by atoms with Crippen molar-refractivity contribution in [2.75, 3.05) is 6.54 Å². The highest BCUT2D eigenvalue weighted by molar-refractivity contribution is 5.46. The quantitative estimate of drug-likeness (QED) is 0.273. The van der Waals surface area contributed by atoms with E-state index in [4.69, 9.17) is 0 Å². The molecule has 0 aromatic heterocycles. The Morgan fingerprint density at radius 3 is 1.89 bits per heavy atom. The van der Waals surface area contributed by atoms with Gasteiger partial charge in [-0.2, -0.15) is 0 Å². The first-order chi connectivity index (χ1) is 8.91. The van der Waals surface area contributed by atoms with E-state index in [1.54, 1.807) is 0 Å². The van der Waals surface area contributed by atoms with Crippen LogP contribution < -0.4 is 5.32 Å². The fraction of sp³-hybridized carbons (Fsp3) is 0.812. The summed E-state index contributed by atoms with van der Waals surface area (Å²) in [7, 11) is 0. The zero-order valence-electron chi connectivity index (χ0n) is 12.1. The highest BCUT2D eigenvalue weighted by Gasteiger charge is 1.91. The summed E-state index contributed by atoms with van der Waals surface area (Å²) in [6, 6.07) is 0. The fourth-order valence-electron chi connectivity index (χ4n) is 2.07. The van der Waals surface area contributed by atoms with Gasteiger partial charge in [-0.05, 0) is 12.8 Å². The summed E-state index contributed by atoms with van der Waals surface area (Å²) in [6.07, 6.45) is 20.0. The maximum Gasteiger partial charge on any atom is 0.207 e. The van der Waals surface area contributed by atoms with Crippen molar-refractivity contribution in [2.24, 2.45) is 0 Å². The van der Waals surface area contributed by atoms with Crippen LogP contribution in [0.2, 0.25) is 0 Å². The maximum atomic E-state index is 9.98. The highest BCUT2D eigenvalue weighted by atomic mass is 16.1. The lowest BCUT2D eigenvalue weighted by Crippen LogP contribution is -2.09. The molecule has 0 aliphatic carbocycles. The van der Waals surface area contributed by atoms with Crippen molar-refractivity contribution in [1.29, 1.82) is 0 Å². The van der Waals surface area contributed by atoms with Crippen LogP contribution in [0.3, 0.4) is 0 Å². The highest BCUT2D eigenvalue weighted by Crippen LogP contribution is 2.11. The number of nitrogens with one attached hydrogen (secondary N) is 1. The molecule has 2 nitrogen and oxygen atoms in total. The second-order valence-electron chi connectivity index (χ2n) is 4.97. The Balaban J connectivity index is 2.98. The smallest absolute Gasteiger partial charge is 0.207 e. The van der Waals surface area contributed by atoms with Gasteiger partial charge < -0.3 is 5.32 Å². The average Bonchev–Trinajstić information content (AvgIpc) is 2.39. The Bertz CT molecular complexity index is 190. The lowest BCUT2D eigenvalue weighted by molar-refractivity contribution is -0.109. The minimum absolute atomic E-state index is 0.668. The number of hydrogen-bond acceptors (Lipinski definition) is 1. The summed E-state index contributed by atoms with van der Waals surface area (Å²) >= 11 is 0. The van der Waals surface area contributed by atoms with Crippen LogP contribution in [0.5, 0.6) is 0 Å². The molecule has 0 saturated heterocycles. The Kier molecular flexibility index (Phi) is 15.5. The summed E-state index contributed by atoms with van der Waals surface area (Å²) in [5.74, 6) is 0. The van der Waals surface area contributed by atoms with Gasteiger partial charge in [-0.3, -0.25) is 4.79 Å². The Hall–Kier alpha value is -0.790. The van der Waals surface area contributed by atoms with E-state index in [9.17, 15) is 4.79 Å². The third-order valence-electron chi connectivity index (χ3n) is 3.21. The van der Waals surface area contributed by atoms with Gasteiger partial charge in [0.05, 0.1) is 0 Å². The van der Waals surface area contributed by atoms with Gasteiger partial charge in [-0.1, -0.05) is 76.9 Å². The molecule has 0 aromatic rings. The summed E-state index contributed by atoms with van der Waals surface area (Å²) in [5.41, 5.74) is 0. The van der Waals surface area contributed by atoms with Gasteiger partial charge in [0.15, 0.2) is 0 Å². The molecule has 0 spiro atoms. The topological polar surface area (TPSA) is 29.1 Å². The maximum absolute atomic E-state index is 9.98. The van der Waals surface area contributed by atoms with Crippen molar-refractivity contribution < 1.29 is 4.79 Å². The Labute approximate surface area is 113 Å². The van der Waals surface area contributed by atoms with Gasteiger partial charge >= 0.3 is 0 Å². The van der Waals surface area contributed by atoms with E-state index in [2.05, 4.69) is 18.3 Å². The first kappa shape index (κ1) is 17.2. The number of rotatable bonds is 14. The molecule has 106 valence electrons. The molecule has 0 saturated carbocycles. The minimum atomic E-state index is 0.668. The molecule has 0 aromatic carbocycles. The van der Waals surface area contributed by atoms with Gasteiger partial charge in [0.2, 0.25) is 6.41 Å². The molecular formula is C16H31NO. The summed E-state index contributed by atoms with van der Waals surface area (Å²) in [5, 5.41) is 2.62. The summed E-state index contributed by atoms with van der Waals surface area (Å²) < 4.78 is 0. The standard InChI is InChI=1S/C16H31NO/c1-2-3-4-5-6-7-8-9-10-11-12-13-14-15-17-16-18/h13-14,16H,2-12,15H2,1H3,(H,17,18)/b14-13+. The van der Waals surface area contributed by atoms with Crippen LogP contribution in [0.4, 0.5) is 0 Å². The summed E-state index contributed by atoms with van der Waals surface area (Å²) in [6.45, 7) is 2.94. The van der Waals surface area contributed by atoms with E-state index in [0.29, 0.717) is 6.54 Å². The molecule has 0 unspecified atom stereocenters. The molecule has 1 N–H and O–H groups in total. The Morgan fingerprint density at radius 2 is 1.33 bits per heavy atom. The number of amides is 1. The van der Waals surface area contributed by atoms with Gasteiger partial charge in [0.25, 0.3) is 0 Å². The lowest BCUT2D eigenvalue weighted by Gasteiger charge is -2.01. The normalized spacial score (nSPS) is 10.9. The van der Waals surface area contributed by atoms with Crippen molar-refractivity contribution in [3.05, 3.63) is 12.2 Å². The van der Waals surface area contributed by atoms with Crippen LogP contribution in [0, 0.1) is 0 Å². The molecule has 18 heavy (non-hydrogen) atoms. The molecule has 0 heterocycles. The zero-order valence-corrected chi connectivity index (χ0v) is 12.1.